The molecule has 2 N–H and O–H groups in total. The normalized spacial score (nSPS) is 21.1. The lowest BCUT2D eigenvalue weighted by Gasteiger charge is -2.31. The molecule has 0 saturated carbocycles. The average Bonchev–Trinajstić information content (AvgIpc) is 2.05. The number of carboxylic acids is 1. The summed E-state index contributed by atoms with van der Waals surface area (Å²) in [4.78, 5) is 10.9. The quantitative estimate of drug-likeness (QED) is 0.715. The molecule has 72 valence electrons. The molecule has 0 aromatic rings. The summed E-state index contributed by atoms with van der Waals surface area (Å²) in [5.41, 5.74) is 0. The lowest BCUT2D eigenvalue weighted by molar-refractivity contribution is -0.140. The van der Waals surface area contributed by atoms with E-state index in [1.54, 1.807) is 0 Å². The third kappa shape index (κ3) is 2.28. The van der Waals surface area contributed by atoms with Gasteiger partial charge in [-0.25, -0.2) is 0 Å². The summed E-state index contributed by atoms with van der Waals surface area (Å²) in [5.74, 6) is -0.661. The number of carboxylic acid groups (broad SMARTS) is 1. The Morgan fingerprint density at radius 1 is 1.50 bits per heavy atom. The minimum atomic E-state index is -0.661. The predicted molar refractivity (Wildman–Crippen MR) is 53.2 cm³/mol. The number of rotatable bonds is 2. The van der Waals surface area contributed by atoms with E-state index < -0.39 is 10.7 Å². The van der Waals surface area contributed by atoms with Gasteiger partial charge in [-0.05, 0) is 32.2 Å². The Hall–Kier alpha value is 0.0700. The third-order valence-electron chi connectivity index (χ3n) is 2.19. The lowest BCUT2D eigenvalue weighted by atomic mass is 9.97. The Morgan fingerprint density at radius 3 is 2.25 bits per heavy atom. The highest BCUT2D eigenvalue weighted by Crippen LogP contribution is 2.32. The number of hydrogen-bond acceptors (Lipinski definition) is 3. The maximum atomic E-state index is 10.9. The second-order valence-electron chi connectivity index (χ2n) is 2.75. The van der Waals surface area contributed by atoms with Crippen molar-refractivity contribution in [2.75, 3.05) is 19.3 Å². The number of nitrogens with one attached hydrogen (secondary N) is 1. The van der Waals surface area contributed by atoms with E-state index in [-0.39, 0.29) is 12.4 Å². The molecule has 0 amide bonds. The van der Waals surface area contributed by atoms with E-state index in [2.05, 4.69) is 5.32 Å². The molecule has 3 nitrogen and oxygen atoms in total. The van der Waals surface area contributed by atoms with Gasteiger partial charge in [0.25, 0.3) is 0 Å². The minimum Gasteiger partial charge on any atom is -0.480 e. The Balaban J connectivity index is 0.00000121. The highest BCUT2D eigenvalue weighted by Gasteiger charge is 2.38. The van der Waals surface area contributed by atoms with Crippen LogP contribution in [-0.4, -0.2) is 35.2 Å². The molecule has 5 heteroatoms. The van der Waals surface area contributed by atoms with Gasteiger partial charge >= 0.3 is 5.97 Å². The van der Waals surface area contributed by atoms with Crippen molar-refractivity contribution >= 4 is 30.1 Å². The van der Waals surface area contributed by atoms with Crippen LogP contribution in [0, 0.1) is 0 Å². The number of aliphatic carboxylic acids is 1. The fourth-order valence-corrected chi connectivity index (χ4v) is 2.12. The summed E-state index contributed by atoms with van der Waals surface area (Å²) in [6, 6.07) is 0. The van der Waals surface area contributed by atoms with Crippen LogP contribution < -0.4 is 5.32 Å². The Morgan fingerprint density at radius 2 is 2.00 bits per heavy atom. The third-order valence-corrected chi connectivity index (χ3v) is 3.56. The van der Waals surface area contributed by atoms with Crippen LogP contribution in [0.25, 0.3) is 0 Å². The lowest BCUT2D eigenvalue weighted by Crippen LogP contribution is -2.45. The number of halogens is 1. The molecule has 1 aliphatic heterocycles. The molecule has 0 unspecified atom stereocenters. The summed E-state index contributed by atoms with van der Waals surface area (Å²) < 4.78 is -0.509. The van der Waals surface area contributed by atoms with Crippen LogP contribution in [0.2, 0.25) is 0 Å². The molecule has 0 radical (unpaired) electrons. The van der Waals surface area contributed by atoms with Gasteiger partial charge in [0.2, 0.25) is 0 Å². The van der Waals surface area contributed by atoms with Crippen molar-refractivity contribution in [1.82, 2.24) is 5.32 Å². The molecule has 1 heterocycles. The number of carbonyl (C=O) groups is 1. The van der Waals surface area contributed by atoms with Crippen molar-refractivity contribution in [1.29, 1.82) is 0 Å². The van der Waals surface area contributed by atoms with Crippen LogP contribution in [0.15, 0.2) is 0 Å². The van der Waals surface area contributed by atoms with Gasteiger partial charge in [-0.1, -0.05) is 0 Å². The topological polar surface area (TPSA) is 49.3 Å². The van der Waals surface area contributed by atoms with Gasteiger partial charge in [0.05, 0.1) is 0 Å². The zero-order valence-corrected chi connectivity index (χ0v) is 8.63. The molecule has 0 spiro atoms. The molecule has 0 aliphatic carbocycles. The molecule has 12 heavy (non-hydrogen) atoms. The number of thioether (sulfide) groups is 1. The van der Waals surface area contributed by atoms with E-state index in [4.69, 9.17) is 5.11 Å². The van der Waals surface area contributed by atoms with E-state index >= 15 is 0 Å². The van der Waals surface area contributed by atoms with Crippen LogP contribution in [0.5, 0.6) is 0 Å². The molecule has 0 bridgehead atoms. The van der Waals surface area contributed by atoms with Crippen molar-refractivity contribution in [3.63, 3.8) is 0 Å². The van der Waals surface area contributed by atoms with Gasteiger partial charge in [0.15, 0.2) is 0 Å². The van der Waals surface area contributed by atoms with E-state index in [1.165, 1.54) is 11.8 Å². The zero-order valence-electron chi connectivity index (χ0n) is 7.00. The molecule has 1 aliphatic rings. The SMILES string of the molecule is CSC1(C(=O)O)CCNCC1.Cl. The van der Waals surface area contributed by atoms with Crippen molar-refractivity contribution in [3.8, 4) is 0 Å². The number of hydrogen-bond donors (Lipinski definition) is 2. The van der Waals surface area contributed by atoms with Gasteiger partial charge in [-0.3, -0.25) is 4.79 Å². The van der Waals surface area contributed by atoms with Gasteiger partial charge in [-0.15, -0.1) is 24.2 Å². The Bertz CT molecular complexity index is 159. The van der Waals surface area contributed by atoms with Crippen LogP contribution in [0.4, 0.5) is 0 Å². The Kier molecular flexibility index (Phi) is 4.97. The molecular weight excluding hydrogens is 198 g/mol. The largest absolute Gasteiger partial charge is 0.480 e. The number of piperidine rings is 1. The van der Waals surface area contributed by atoms with E-state index in [0.29, 0.717) is 0 Å². The highest BCUT2D eigenvalue weighted by atomic mass is 35.5. The maximum absolute atomic E-state index is 10.9. The summed E-state index contributed by atoms with van der Waals surface area (Å²) in [7, 11) is 0. The van der Waals surface area contributed by atoms with Crippen molar-refractivity contribution < 1.29 is 9.90 Å². The first-order valence-electron chi connectivity index (χ1n) is 3.70. The van der Waals surface area contributed by atoms with Gasteiger partial charge in [0, 0.05) is 0 Å². The monoisotopic (exact) mass is 211 g/mol. The second kappa shape index (κ2) is 4.94. The zero-order chi connectivity index (χ0) is 8.32. The summed E-state index contributed by atoms with van der Waals surface area (Å²) in [6.07, 6.45) is 3.35. The van der Waals surface area contributed by atoms with E-state index in [0.717, 1.165) is 25.9 Å². The van der Waals surface area contributed by atoms with E-state index in [9.17, 15) is 4.79 Å². The Labute approximate surface area is 82.7 Å². The summed E-state index contributed by atoms with van der Waals surface area (Å²) in [6.45, 7) is 1.65. The van der Waals surface area contributed by atoms with Crippen molar-refractivity contribution in [2.45, 2.75) is 17.6 Å². The molecule has 1 fully saturated rings. The smallest absolute Gasteiger partial charge is 0.319 e. The highest BCUT2D eigenvalue weighted by molar-refractivity contribution is 8.00. The molecule has 1 saturated heterocycles. The van der Waals surface area contributed by atoms with Crippen LogP contribution in [0.3, 0.4) is 0 Å². The van der Waals surface area contributed by atoms with Gasteiger partial charge in [0.1, 0.15) is 4.75 Å². The first kappa shape index (κ1) is 12.1. The van der Waals surface area contributed by atoms with Crippen LogP contribution >= 0.6 is 24.2 Å². The van der Waals surface area contributed by atoms with Crippen LogP contribution in [-0.2, 0) is 4.79 Å². The first-order chi connectivity index (χ1) is 5.21. The summed E-state index contributed by atoms with van der Waals surface area (Å²) >= 11 is 1.46. The molecular formula is C7H14ClNO2S. The second-order valence-corrected chi connectivity index (χ2v) is 3.94. The van der Waals surface area contributed by atoms with Crippen LogP contribution in [0.1, 0.15) is 12.8 Å². The standard InChI is InChI=1S/C7H13NO2S.ClH/c1-11-7(6(9)10)2-4-8-5-3-7;/h8H,2-5H2,1H3,(H,9,10);1H. The molecule has 0 aromatic heterocycles. The maximum Gasteiger partial charge on any atom is 0.319 e. The van der Waals surface area contributed by atoms with Crippen molar-refractivity contribution in [2.24, 2.45) is 0 Å². The first-order valence-corrected chi connectivity index (χ1v) is 4.93. The van der Waals surface area contributed by atoms with Gasteiger partial charge < -0.3 is 10.4 Å². The fourth-order valence-electron chi connectivity index (χ4n) is 1.34. The van der Waals surface area contributed by atoms with E-state index in [1.807, 2.05) is 6.26 Å². The molecule has 0 aromatic carbocycles. The predicted octanol–water partition coefficient (Wildman–Crippen LogP) is 0.978. The molecule has 1 rings (SSSR count). The fraction of sp³-hybridized carbons (Fsp3) is 0.857. The molecule has 0 atom stereocenters. The van der Waals surface area contributed by atoms with Crippen molar-refractivity contribution in [3.05, 3.63) is 0 Å². The van der Waals surface area contributed by atoms with Gasteiger partial charge in [-0.2, -0.15) is 0 Å². The summed E-state index contributed by atoms with van der Waals surface area (Å²) in [5, 5.41) is 12.1. The average molecular weight is 212 g/mol. The minimum absolute atomic E-state index is 0.